The lowest BCUT2D eigenvalue weighted by molar-refractivity contribution is -0.197. The minimum Gasteiger partial charge on any atom is -0.497 e. The fraction of sp³-hybridized carbons (Fsp3) is 0.595. The number of alkyl halides is 4. The molecule has 1 aromatic heterocycles. The van der Waals surface area contributed by atoms with Crippen molar-refractivity contribution in [1.29, 1.82) is 0 Å². The number of fused-ring (bicyclic) bond motifs is 3. The van der Waals surface area contributed by atoms with Gasteiger partial charge in [-0.1, -0.05) is 26.0 Å². The third-order valence-electron chi connectivity index (χ3n) is 11.0. The van der Waals surface area contributed by atoms with Crippen LogP contribution in [0.1, 0.15) is 65.7 Å². The van der Waals surface area contributed by atoms with E-state index in [2.05, 4.69) is 20.4 Å². The molecule has 3 heterocycles. The SMILES string of the molecule is COc1ccc2c(O[C@@H]3C[C@H]4C(=O)N[C@]5(C(=O)NS(=O)(=O)C6(F)CC6)C[C@H]5/C=C\CC[C@@H](C)C[C@@H](C)[C@H](NC(=O)O[C@H](C)C(F)(F)F)C(=O)N4C3)nccc2c1. The summed E-state index contributed by atoms with van der Waals surface area (Å²) in [6, 6.07) is 4.07. The number of ether oxygens (including phenoxy) is 3. The highest BCUT2D eigenvalue weighted by atomic mass is 32.2. The highest BCUT2D eigenvalue weighted by Gasteiger charge is 2.64. The number of carbonyl (C=O) groups is 4. The maximum atomic E-state index is 14.7. The molecule has 0 unspecified atom stereocenters. The van der Waals surface area contributed by atoms with Crippen molar-refractivity contribution in [3.8, 4) is 11.6 Å². The van der Waals surface area contributed by atoms with Crippen LogP contribution in [0.25, 0.3) is 10.8 Å². The Kier molecular flexibility index (Phi) is 11.2. The third-order valence-corrected chi connectivity index (χ3v) is 12.8. The zero-order valence-electron chi connectivity index (χ0n) is 31.2. The fourth-order valence-electron chi connectivity index (χ4n) is 7.38. The summed E-state index contributed by atoms with van der Waals surface area (Å²) in [7, 11) is -3.22. The number of nitrogens with zero attached hydrogens (tertiary/aromatic N) is 2. The molecule has 2 aromatic rings. The monoisotopic (exact) mass is 811 g/mol. The predicted octanol–water partition coefficient (Wildman–Crippen LogP) is 4.43. The molecule has 14 nitrogen and oxygen atoms in total. The van der Waals surface area contributed by atoms with Gasteiger partial charge in [-0.25, -0.2) is 27.3 Å². The molecule has 2 aliphatic heterocycles. The van der Waals surface area contributed by atoms with Gasteiger partial charge in [0.25, 0.3) is 15.9 Å². The van der Waals surface area contributed by atoms with Crippen LogP contribution in [-0.2, 0) is 29.1 Å². The smallest absolute Gasteiger partial charge is 0.425 e. The van der Waals surface area contributed by atoms with Gasteiger partial charge >= 0.3 is 12.3 Å². The van der Waals surface area contributed by atoms with Crippen molar-refractivity contribution in [2.24, 2.45) is 17.8 Å². The van der Waals surface area contributed by atoms with Gasteiger partial charge in [-0.15, -0.1) is 0 Å². The lowest BCUT2D eigenvalue weighted by Crippen LogP contribution is -2.59. The highest BCUT2D eigenvalue weighted by Crippen LogP contribution is 2.48. The summed E-state index contributed by atoms with van der Waals surface area (Å²) < 4.78 is 98.2. The normalized spacial score (nSPS) is 30.3. The maximum Gasteiger partial charge on any atom is 0.425 e. The van der Waals surface area contributed by atoms with E-state index >= 15 is 0 Å². The minimum atomic E-state index is -4.87. The average molecular weight is 812 g/mol. The van der Waals surface area contributed by atoms with E-state index in [0.717, 1.165) is 4.90 Å². The van der Waals surface area contributed by atoms with Crippen LogP contribution in [0.4, 0.5) is 22.4 Å². The van der Waals surface area contributed by atoms with E-state index in [1.54, 1.807) is 43.3 Å². The van der Waals surface area contributed by atoms with Crippen molar-refractivity contribution in [1.82, 2.24) is 25.2 Å². The molecule has 3 fully saturated rings. The standard InChI is InChI=1S/C37H45F4N5O9S/c1-20-7-5-6-8-24-18-36(24,33(49)45-56(51,52)35(38)12-13-35)44-30(47)28-17-26(55-31-27-10-9-25(53-4)16-23(27)11-14-42-31)19-46(28)32(48)29(21(2)15-20)43-34(50)54-22(3)37(39,40)41/h6,8-11,14,16,20-22,24,26,28-29H,5,7,12-13,15,17-19H2,1-4H3,(H,43,50)(H,44,47)(H,45,49)/b8-6-/t20-,21-,22-,24-,26-,28+,29+,36-/m1/s1. The first-order chi connectivity index (χ1) is 26.3. The third kappa shape index (κ3) is 8.51. The highest BCUT2D eigenvalue weighted by molar-refractivity contribution is 7.91. The second-order valence-corrected chi connectivity index (χ2v) is 17.3. The lowest BCUT2D eigenvalue weighted by atomic mass is 9.88. The number of amides is 4. The van der Waals surface area contributed by atoms with Crippen molar-refractivity contribution < 1.29 is 59.4 Å². The number of sulfonamides is 1. The van der Waals surface area contributed by atoms with E-state index in [4.69, 9.17) is 9.47 Å². The Bertz CT molecular complexity index is 2010. The van der Waals surface area contributed by atoms with Crippen LogP contribution < -0.4 is 24.8 Å². The lowest BCUT2D eigenvalue weighted by Gasteiger charge is -2.33. The van der Waals surface area contributed by atoms with Crippen LogP contribution in [-0.4, -0.2) is 96.8 Å². The fourth-order valence-corrected chi connectivity index (χ4v) is 8.63. The number of pyridine rings is 1. The molecule has 1 saturated heterocycles. The summed E-state index contributed by atoms with van der Waals surface area (Å²) in [5.74, 6) is -3.47. The van der Waals surface area contributed by atoms with Crippen molar-refractivity contribution in [3.05, 3.63) is 42.6 Å². The number of rotatable bonds is 8. The molecule has 4 amide bonds. The van der Waals surface area contributed by atoms with E-state index in [0.29, 0.717) is 42.7 Å². The maximum absolute atomic E-state index is 14.7. The van der Waals surface area contributed by atoms with Gasteiger partial charge in [-0.2, -0.15) is 13.2 Å². The Morgan fingerprint density at radius 2 is 1.86 bits per heavy atom. The van der Waals surface area contributed by atoms with E-state index in [1.165, 1.54) is 13.3 Å². The van der Waals surface area contributed by atoms with Crippen LogP contribution >= 0.6 is 0 Å². The molecule has 2 saturated carbocycles. The van der Waals surface area contributed by atoms with Crippen molar-refractivity contribution in [3.63, 3.8) is 0 Å². The number of hydrogen-bond donors (Lipinski definition) is 3. The van der Waals surface area contributed by atoms with Crippen LogP contribution in [0.5, 0.6) is 11.6 Å². The largest absolute Gasteiger partial charge is 0.497 e. The summed E-state index contributed by atoms with van der Waals surface area (Å²) in [5.41, 5.74) is -1.80. The van der Waals surface area contributed by atoms with Gasteiger partial charge < -0.3 is 29.7 Å². The van der Waals surface area contributed by atoms with Gasteiger partial charge in [-0.05, 0) is 74.1 Å². The molecule has 0 radical (unpaired) electrons. The van der Waals surface area contributed by atoms with Gasteiger partial charge in [0, 0.05) is 36.8 Å². The molecule has 3 N–H and O–H groups in total. The molecular weight excluding hydrogens is 766 g/mol. The van der Waals surface area contributed by atoms with Gasteiger partial charge in [0.1, 0.15) is 29.5 Å². The Labute approximate surface area is 321 Å². The van der Waals surface area contributed by atoms with Crippen molar-refractivity contribution >= 4 is 44.6 Å². The van der Waals surface area contributed by atoms with Crippen LogP contribution in [0.3, 0.4) is 0 Å². The second kappa shape index (κ2) is 15.3. The first kappa shape index (κ1) is 41.0. The average Bonchev–Trinajstić information content (AvgIpc) is 4.01. The zero-order valence-corrected chi connectivity index (χ0v) is 32.0. The Morgan fingerprint density at radius 3 is 2.54 bits per heavy atom. The van der Waals surface area contributed by atoms with Gasteiger partial charge in [0.05, 0.1) is 13.7 Å². The molecule has 1 aromatic carbocycles. The van der Waals surface area contributed by atoms with Crippen LogP contribution in [0.15, 0.2) is 42.6 Å². The number of nitrogens with one attached hydrogen (secondary N) is 3. The summed E-state index contributed by atoms with van der Waals surface area (Å²) in [6.45, 7) is 3.96. The number of halogens is 4. The Balaban J connectivity index is 1.34. The molecule has 0 bridgehead atoms. The van der Waals surface area contributed by atoms with Gasteiger partial charge in [0.15, 0.2) is 6.10 Å². The van der Waals surface area contributed by atoms with Crippen LogP contribution in [0.2, 0.25) is 0 Å². The first-order valence-electron chi connectivity index (χ1n) is 18.4. The predicted molar refractivity (Wildman–Crippen MR) is 192 cm³/mol. The van der Waals surface area contributed by atoms with Crippen molar-refractivity contribution in [2.45, 2.75) is 107 Å². The number of alkyl carbamates (subject to hydrolysis) is 1. The van der Waals surface area contributed by atoms with E-state index in [9.17, 15) is 45.2 Å². The number of hydrogen-bond acceptors (Lipinski definition) is 10. The Morgan fingerprint density at radius 1 is 1.12 bits per heavy atom. The molecule has 0 spiro atoms. The zero-order chi connectivity index (χ0) is 40.8. The number of allylic oxidation sites excluding steroid dienone is 1. The molecule has 4 aliphatic rings. The summed E-state index contributed by atoms with van der Waals surface area (Å²) >= 11 is 0. The van der Waals surface area contributed by atoms with E-state index in [1.807, 2.05) is 11.6 Å². The second-order valence-electron chi connectivity index (χ2n) is 15.3. The molecule has 2 aliphatic carbocycles. The minimum absolute atomic E-state index is 0.0140. The number of methoxy groups -OCH3 is 1. The van der Waals surface area contributed by atoms with Crippen molar-refractivity contribution in [2.75, 3.05) is 13.7 Å². The van der Waals surface area contributed by atoms with Gasteiger partial charge in [-0.3, -0.25) is 14.4 Å². The summed E-state index contributed by atoms with van der Waals surface area (Å²) in [4.78, 5) is 61.0. The number of aromatic nitrogens is 1. The first-order valence-corrected chi connectivity index (χ1v) is 19.9. The molecule has 306 valence electrons. The molecule has 8 atom stereocenters. The summed E-state index contributed by atoms with van der Waals surface area (Å²) in [5, 5.41) is 3.68. The number of carbonyl (C=O) groups excluding carboxylic acids is 4. The van der Waals surface area contributed by atoms with Gasteiger partial charge in [0.2, 0.25) is 22.7 Å². The topological polar surface area (TPSA) is 182 Å². The van der Waals surface area contributed by atoms with E-state index < -0.39 is 86.7 Å². The molecule has 19 heteroatoms. The molecular formula is C37H45F4N5O9S. The quantitative estimate of drug-likeness (QED) is 0.255. The van der Waals surface area contributed by atoms with Crippen LogP contribution in [0, 0.1) is 17.8 Å². The van der Waals surface area contributed by atoms with E-state index in [-0.39, 0.29) is 44.0 Å². The number of benzene rings is 1. The molecule has 6 rings (SSSR count). The molecule has 56 heavy (non-hydrogen) atoms. The Hall–Kier alpha value is -4.68. The summed E-state index contributed by atoms with van der Waals surface area (Å²) in [6.07, 6.45) is -4.12.